The average Bonchev–Trinajstić information content (AvgIpc) is 3.40. The van der Waals surface area contributed by atoms with Crippen LogP contribution in [0, 0.1) is 6.92 Å². The van der Waals surface area contributed by atoms with E-state index >= 15 is 0 Å². The van der Waals surface area contributed by atoms with Crippen LogP contribution in [0.1, 0.15) is 28.8 Å². The van der Waals surface area contributed by atoms with Gasteiger partial charge in [-0.1, -0.05) is 78.2 Å². The molecule has 0 aliphatic heterocycles. The summed E-state index contributed by atoms with van der Waals surface area (Å²) in [6.45, 7) is 9.63. The highest BCUT2D eigenvalue weighted by Gasteiger charge is 2.42. The van der Waals surface area contributed by atoms with Gasteiger partial charge in [-0.15, -0.1) is 23.2 Å². The summed E-state index contributed by atoms with van der Waals surface area (Å²) in [5, 5.41) is 3.86. The Morgan fingerprint density at radius 2 is 0.948 bits per heavy atom. The molecule has 1 amide bonds. The number of anilines is 1. The van der Waals surface area contributed by atoms with E-state index in [1.54, 1.807) is 6.07 Å². The summed E-state index contributed by atoms with van der Waals surface area (Å²) in [5.74, 6) is 2.26. The van der Waals surface area contributed by atoms with Gasteiger partial charge in [-0.25, -0.2) is 0 Å². The van der Waals surface area contributed by atoms with Crippen LogP contribution < -0.4 is 14.8 Å². The van der Waals surface area contributed by atoms with E-state index < -0.39 is 51.1 Å². The zero-order valence-corrected chi connectivity index (χ0v) is 44.2. The van der Waals surface area contributed by atoms with Crippen molar-refractivity contribution in [3.8, 4) is 11.5 Å². The topological polar surface area (TPSA) is 60.5 Å². The molecule has 25 heteroatoms. The third-order valence-corrected chi connectivity index (χ3v) is 10.7. The van der Waals surface area contributed by atoms with Crippen molar-refractivity contribution in [3.05, 3.63) is 236 Å². The molecule has 0 bridgehead atoms. The van der Waals surface area contributed by atoms with Crippen molar-refractivity contribution >= 4 is 174 Å². The number of fused-ring (bicyclic) bond motifs is 1. The number of rotatable bonds is 17. The third kappa shape index (κ3) is 27.8. The lowest BCUT2D eigenvalue weighted by molar-refractivity contribution is -0.115. The molecule has 0 unspecified atom stereocenters. The number of hydrogen-bond donors (Lipinski definition) is 1. The number of benzene rings is 4. The average molecular weight is 1000 g/mol. The van der Waals surface area contributed by atoms with Crippen molar-refractivity contribution < 1.29 is 14.3 Å². The minimum Gasteiger partial charge on any atom is -0.489 e. The lowest BCUT2D eigenvalue weighted by Gasteiger charge is -2.40. The maximum Gasteiger partial charge on any atom is 0.225 e. The van der Waals surface area contributed by atoms with Gasteiger partial charge >= 0.3 is 0 Å². The Morgan fingerprint density at radius 1 is 0.532 bits per heavy atom. The number of aromatic nitrogens is 1. The molecular weight excluding hydrogens is 966 g/mol. The summed E-state index contributed by atoms with van der Waals surface area (Å²) in [4.78, 5) is 16.1. The van der Waals surface area contributed by atoms with Crippen molar-refractivity contribution in [1.82, 2.24) is 4.98 Å². The van der Waals surface area contributed by atoms with E-state index in [-0.39, 0.29) is 5.91 Å². The summed E-state index contributed by atoms with van der Waals surface area (Å²) in [7, 11) is 56.7. The lowest BCUT2D eigenvalue weighted by Crippen LogP contribution is -2.78. The fourth-order valence-corrected chi connectivity index (χ4v) is 7.18. The number of amides is 1. The number of pyridine rings is 1. The van der Waals surface area contributed by atoms with Gasteiger partial charge in [0, 0.05) is 176 Å². The van der Waals surface area contributed by atoms with E-state index in [9.17, 15) is 4.79 Å². The van der Waals surface area contributed by atoms with Crippen LogP contribution in [-0.4, -0.2) is 145 Å². The van der Waals surface area contributed by atoms with Crippen LogP contribution in [0.4, 0.5) is 5.69 Å². The summed E-state index contributed by atoms with van der Waals surface area (Å²) in [6.07, 6.45) is -5.74. The molecule has 0 spiro atoms. The number of carbonyl (C=O) groups is 1. The van der Waals surface area contributed by atoms with Crippen molar-refractivity contribution in [1.29, 1.82) is 0 Å². The smallest absolute Gasteiger partial charge is 0.225 e. The summed E-state index contributed by atoms with van der Waals surface area (Å²) < 4.78 is 11.5. The number of halogens is 2. The van der Waals surface area contributed by atoms with Crippen LogP contribution in [0.3, 0.4) is 0 Å². The molecule has 0 aliphatic rings. The van der Waals surface area contributed by atoms with Gasteiger partial charge in [0.15, 0.2) is 0 Å². The van der Waals surface area contributed by atoms with Gasteiger partial charge in [-0.2, -0.15) is 0 Å². The standard InChI is InChI=1S/C18H16ClNO.C18H4.C16H16ClNO2.B18/c1-13-16(11-19)9-15-7-8-17(10-18(15)20-13)21-12-14-5-3-2-4-6-14;1-3-5-7-9-11-13-15-17-18-16-14-12-10-8-6-4-2;17-10-9-16(19)18-14-7-4-8-15(11-14)20-12-13-5-2-1-3-6-13;1-11(2)16(12(3)4)18(15(9)10)17(13(5)6)14(7)8/h2-10H,11-12H2,1H3;1-2H2;1-8,11H,9-10,12H2,(H,18,19);. The first-order valence-electron chi connectivity index (χ1n) is 23.4. The van der Waals surface area contributed by atoms with Crippen LogP contribution in [0.5, 0.6) is 11.5 Å². The number of ether oxygens (including phenoxy) is 2. The molecule has 5 nitrogen and oxygen atoms in total. The molecule has 0 saturated heterocycles. The number of aryl methyl sites for hydroxylation is 1. The lowest BCUT2D eigenvalue weighted by atomic mass is 8.41. The summed E-state index contributed by atoms with van der Waals surface area (Å²) in [6, 6.07) is 35.4. The SMILES string of the molecule is C=C=C=C=C=C=C=C=C=C=C=C=C=C=C=C=C=C.Cc1nc2cc(OCc3ccccc3)ccc2cc1CCl.O=C(CCCl)Nc1cccc(OCc2ccccc2)c1.[B]B([B])B(B([B])[B])B(B([B])[B])B(B([B])[B])B([B])[B]. The zero-order valence-electron chi connectivity index (χ0n) is 42.7. The van der Waals surface area contributed by atoms with Crippen molar-refractivity contribution in [2.75, 3.05) is 11.2 Å². The molecule has 5 rings (SSSR count). The number of carbonyl (C=O) groups excluding carboxylic acids is 1. The largest absolute Gasteiger partial charge is 0.489 e. The molecule has 0 aliphatic carbocycles. The van der Waals surface area contributed by atoms with Crippen molar-refractivity contribution in [2.24, 2.45) is 0 Å². The summed E-state index contributed by atoms with van der Waals surface area (Å²) in [5.41, 5.74) is 45.4. The van der Waals surface area contributed by atoms with Gasteiger partial charge in [0.25, 0.3) is 0 Å². The molecule has 20 radical (unpaired) electrons. The fourth-order valence-electron chi connectivity index (χ4n) is 6.74. The van der Waals surface area contributed by atoms with Gasteiger partial charge in [-0.3, -0.25) is 9.78 Å². The first-order valence-corrected chi connectivity index (χ1v) is 24.5. The highest BCUT2D eigenvalue weighted by atomic mass is 35.5. The van der Waals surface area contributed by atoms with Gasteiger partial charge in [0.2, 0.25) is 5.91 Å². The van der Waals surface area contributed by atoms with E-state index in [0.29, 0.717) is 37.1 Å². The van der Waals surface area contributed by atoms with Crippen LogP contribution >= 0.6 is 23.2 Å². The normalized spacial score (nSPS) is 8.56. The number of hydrogen-bond acceptors (Lipinski definition) is 4. The predicted octanol–water partition coefficient (Wildman–Crippen LogP) is 5.12. The molecule has 340 valence electrons. The minimum absolute atomic E-state index is 0.0970. The maximum atomic E-state index is 11.5. The van der Waals surface area contributed by atoms with E-state index in [1.807, 2.05) is 91.9 Å². The van der Waals surface area contributed by atoms with Gasteiger partial charge < -0.3 is 14.8 Å². The molecule has 0 saturated carbocycles. The van der Waals surface area contributed by atoms with Crippen LogP contribution in [0.25, 0.3) is 10.9 Å². The number of nitrogens with zero attached hydrogens (tertiary/aromatic N) is 1. The number of nitrogens with one attached hydrogen (secondary N) is 1. The molecule has 77 heavy (non-hydrogen) atoms. The van der Waals surface area contributed by atoms with E-state index in [0.717, 1.165) is 44.8 Å². The summed E-state index contributed by atoms with van der Waals surface area (Å²) >= 11 is 11.4. The Morgan fingerprint density at radius 3 is 1.34 bits per heavy atom. The molecule has 0 fully saturated rings. The molecule has 5 aromatic rings. The maximum absolute atomic E-state index is 11.5. The molecule has 0 atom stereocenters. The van der Waals surface area contributed by atoms with Gasteiger partial charge in [0.1, 0.15) is 24.7 Å². The molecule has 4 aromatic carbocycles. The number of alkyl halides is 2. The minimum atomic E-state index is -0.853. The Hall–Kier alpha value is -6.67. The van der Waals surface area contributed by atoms with Crippen molar-refractivity contribution in [3.63, 3.8) is 0 Å². The van der Waals surface area contributed by atoms with E-state index in [4.69, 9.17) is 110 Å². The fraction of sp³-hybridized carbons (Fsp3) is 0.115. The quantitative estimate of drug-likeness (QED) is 0.0800. The van der Waals surface area contributed by atoms with E-state index in [1.165, 1.54) is 0 Å². The van der Waals surface area contributed by atoms with Gasteiger partial charge in [-0.05, 0) is 147 Å². The molecule has 1 N–H and O–H groups in total. The van der Waals surface area contributed by atoms with Crippen LogP contribution in [0.2, 0.25) is 0 Å². The highest BCUT2D eigenvalue weighted by molar-refractivity contribution is 8.17. The highest BCUT2D eigenvalue weighted by Crippen LogP contribution is 2.24. The molecule has 1 aromatic heterocycles. The zero-order chi connectivity index (χ0) is 56.8. The van der Waals surface area contributed by atoms with E-state index in [2.05, 4.69) is 133 Å². The Labute approximate surface area is 481 Å². The Balaban J connectivity index is 0.000000352. The molecule has 1 heterocycles. The van der Waals surface area contributed by atoms with Crippen molar-refractivity contribution in [2.45, 2.75) is 32.4 Å². The van der Waals surface area contributed by atoms with Crippen LogP contribution in [0.15, 0.2) is 214 Å². The third-order valence-electron chi connectivity index (χ3n) is 10.3. The van der Waals surface area contributed by atoms with Gasteiger partial charge in [0.05, 0.1) is 5.52 Å². The monoisotopic (exact) mass is 1000 g/mol. The second kappa shape index (κ2) is 39.7. The second-order valence-corrected chi connectivity index (χ2v) is 16.7. The second-order valence-electron chi connectivity index (χ2n) is 16.0. The Bertz CT molecular complexity index is 3210. The van der Waals surface area contributed by atoms with Crippen LogP contribution in [-0.2, 0) is 23.9 Å². The first kappa shape index (κ1) is 66.4. The predicted molar refractivity (Wildman–Crippen MR) is 339 cm³/mol. The first-order chi connectivity index (χ1) is 37.1. The Kier molecular flexibility index (Phi) is 34.2. The molecular formula is C52H36B18Cl2N2O3.